The Balaban J connectivity index is 1.43. The van der Waals surface area contributed by atoms with Crippen molar-refractivity contribution in [3.8, 4) is 11.5 Å². The minimum Gasteiger partial charge on any atom is -0.497 e. The van der Waals surface area contributed by atoms with E-state index in [0.29, 0.717) is 11.4 Å². The number of methoxy groups -OCH3 is 2. The standard InChI is InChI=1S/C22H25N3O4/c1-28-17-9-7-16(8-10-17)23-11-13-24(14-12-23)19-15-21(26)25(22(19)27)18-5-3-4-6-20(18)29-2/h3-10,19H,11-15H2,1-2H3. The highest BCUT2D eigenvalue weighted by atomic mass is 16.5. The monoisotopic (exact) mass is 395 g/mol. The van der Waals surface area contributed by atoms with E-state index in [2.05, 4.69) is 9.80 Å². The minimum atomic E-state index is -0.412. The van der Waals surface area contributed by atoms with Crippen molar-refractivity contribution < 1.29 is 19.1 Å². The number of ether oxygens (including phenoxy) is 2. The maximum atomic E-state index is 13.1. The van der Waals surface area contributed by atoms with Crippen LogP contribution in [-0.4, -0.2) is 63.2 Å². The van der Waals surface area contributed by atoms with Crippen molar-refractivity contribution in [1.29, 1.82) is 0 Å². The van der Waals surface area contributed by atoms with Gasteiger partial charge in [-0.3, -0.25) is 14.5 Å². The van der Waals surface area contributed by atoms with Gasteiger partial charge in [0.05, 0.1) is 32.4 Å². The quantitative estimate of drug-likeness (QED) is 0.723. The molecule has 2 aliphatic rings. The number of imide groups is 1. The van der Waals surface area contributed by atoms with Crippen LogP contribution in [0, 0.1) is 0 Å². The Morgan fingerprint density at radius 1 is 0.862 bits per heavy atom. The van der Waals surface area contributed by atoms with Crippen LogP contribution >= 0.6 is 0 Å². The number of carbonyl (C=O) groups is 2. The van der Waals surface area contributed by atoms with Gasteiger partial charge in [-0.2, -0.15) is 0 Å². The van der Waals surface area contributed by atoms with Crippen LogP contribution in [0.4, 0.5) is 11.4 Å². The zero-order chi connectivity index (χ0) is 20.4. The lowest BCUT2D eigenvalue weighted by atomic mass is 10.1. The van der Waals surface area contributed by atoms with Crippen molar-refractivity contribution in [2.24, 2.45) is 0 Å². The van der Waals surface area contributed by atoms with Gasteiger partial charge < -0.3 is 14.4 Å². The third kappa shape index (κ3) is 3.65. The number of amides is 2. The Kier molecular flexibility index (Phi) is 5.40. The number of piperazine rings is 1. The fourth-order valence-electron chi connectivity index (χ4n) is 4.05. The lowest BCUT2D eigenvalue weighted by Gasteiger charge is -2.38. The molecule has 152 valence electrons. The van der Waals surface area contributed by atoms with Crippen LogP contribution in [0.1, 0.15) is 6.42 Å². The van der Waals surface area contributed by atoms with Gasteiger partial charge in [0.2, 0.25) is 5.91 Å². The molecule has 0 aromatic heterocycles. The summed E-state index contributed by atoms with van der Waals surface area (Å²) in [7, 11) is 3.20. The molecule has 0 saturated carbocycles. The van der Waals surface area contributed by atoms with Crippen molar-refractivity contribution in [2.45, 2.75) is 12.5 Å². The van der Waals surface area contributed by atoms with Gasteiger partial charge >= 0.3 is 0 Å². The van der Waals surface area contributed by atoms with Gasteiger partial charge in [-0.1, -0.05) is 12.1 Å². The van der Waals surface area contributed by atoms with Gasteiger partial charge in [-0.15, -0.1) is 0 Å². The van der Waals surface area contributed by atoms with Gasteiger partial charge in [0.15, 0.2) is 0 Å². The Bertz CT molecular complexity index is 891. The normalized spacial score (nSPS) is 20.3. The number of carbonyl (C=O) groups excluding carboxylic acids is 2. The molecule has 2 amide bonds. The summed E-state index contributed by atoms with van der Waals surface area (Å²) in [6.45, 7) is 3.07. The number of anilines is 2. The number of benzene rings is 2. The van der Waals surface area contributed by atoms with E-state index in [0.717, 1.165) is 37.6 Å². The van der Waals surface area contributed by atoms with Crippen molar-refractivity contribution in [2.75, 3.05) is 50.2 Å². The largest absolute Gasteiger partial charge is 0.497 e. The highest BCUT2D eigenvalue weighted by molar-refractivity contribution is 6.23. The number of nitrogens with zero attached hydrogens (tertiary/aromatic N) is 3. The van der Waals surface area contributed by atoms with E-state index < -0.39 is 6.04 Å². The van der Waals surface area contributed by atoms with Crippen LogP contribution in [0.5, 0.6) is 11.5 Å². The van der Waals surface area contributed by atoms with Gasteiger partial charge in [0.25, 0.3) is 5.91 Å². The van der Waals surface area contributed by atoms with E-state index in [9.17, 15) is 9.59 Å². The molecular weight excluding hydrogens is 370 g/mol. The average molecular weight is 395 g/mol. The van der Waals surface area contributed by atoms with Gasteiger partial charge in [0, 0.05) is 31.9 Å². The predicted octanol–water partition coefficient (Wildman–Crippen LogP) is 2.16. The van der Waals surface area contributed by atoms with Crippen LogP contribution in [0.3, 0.4) is 0 Å². The van der Waals surface area contributed by atoms with Crippen molar-refractivity contribution in [3.63, 3.8) is 0 Å². The SMILES string of the molecule is COc1ccc(N2CCN(C3CC(=O)N(c4ccccc4OC)C3=O)CC2)cc1. The molecule has 1 unspecified atom stereocenters. The van der Waals surface area contributed by atoms with E-state index in [-0.39, 0.29) is 18.2 Å². The van der Waals surface area contributed by atoms with Gasteiger partial charge in [0.1, 0.15) is 11.5 Å². The zero-order valence-electron chi connectivity index (χ0n) is 16.7. The lowest BCUT2D eigenvalue weighted by molar-refractivity contribution is -0.123. The number of para-hydroxylation sites is 2. The summed E-state index contributed by atoms with van der Waals surface area (Å²) in [6.07, 6.45) is 0.208. The molecule has 0 aliphatic carbocycles. The fraction of sp³-hybridized carbons (Fsp3) is 0.364. The van der Waals surface area contributed by atoms with Crippen LogP contribution < -0.4 is 19.3 Å². The van der Waals surface area contributed by atoms with E-state index in [1.54, 1.807) is 32.4 Å². The van der Waals surface area contributed by atoms with Gasteiger partial charge in [-0.25, -0.2) is 4.90 Å². The molecule has 0 spiro atoms. The second kappa shape index (κ2) is 8.13. The molecule has 2 saturated heterocycles. The number of hydrogen-bond donors (Lipinski definition) is 0. The first-order valence-corrected chi connectivity index (χ1v) is 9.75. The second-order valence-electron chi connectivity index (χ2n) is 7.18. The molecule has 0 radical (unpaired) electrons. The summed E-state index contributed by atoms with van der Waals surface area (Å²) in [5, 5.41) is 0. The number of rotatable bonds is 5. The molecule has 2 fully saturated rings. The molecular formula is C22H25N3O4. The number of hydrogen-bond acceptors (Lipinski definition) is 6. The molecule has 0 N–H and O–H groups in total. The Hall–Kier alpha value is -3.06. The summed E-state index contributed by atoms with van der Waals surface area (Å²) in [4.78, 5) is 31.4. The third-order valence-electron chi connectivity index (χ3n) is 5.64. The topological polar surface area (TPSA) is 62.3 Å². The maximum absolute atomic E-state index is 13.1. The summed E-state index contributed by atoms with van der Waals surface area (Å²) >= 11 is 0. The van der Waals surface area contributed by atoms with Crippen molar-refractivity contribution >= 4 is 23.2 Å². The first-order valence-electron chi connectivity index (χ1n) is 9.75. The fourth-order valence-corrected chi connectivity index (χ4v) is 4.05. The highest BCUT2D eigenvalue weighted by Gasteiger charge is 2.44. The molecule has 2 aromatic rings. The summed E-state index contributed by atoms with van der Waals surface area (Å²) in [6, 6.07) is 14.7. The van der Waals surface area contributed by atoms with E-state index in [1.165, 1.54) is 4.90 Å². The molecule has 2 aromatic carbocycles. The maximum Gasteiger partial charge on any atom is 0.251 e. The van der Waals surface area contributed by atoms with Crippen LogP contribution in [0.15, 0.2) is 48.5 Å². The summed E-state index contributed by atoms with van der Waals surface area (Å²) in [5.74, 6) is 1.01. The van der Waals surface area contributed by atoms with E-state index in [1.807, 2.05) is 30.3 Å². The summed E-state index contributed by atoms with van der Waals surface area (Å²) in [5.41, 5.74) is 1.65. The smallest absolute Gasteiger partial charge is 0.251 e. The zero-order valence-corrected chi connectivity index (χ0v) is 16.7. The molecule has 0 bridgehead atoms. The second-order valence-corrected chi connectivity index (χ2v) is 7.18. The molecule has 7 heteroatoms. The Morgan fingerprint density at radius 3 is 2.21 bits per heavy atom. The average Bonchev–Trinajstić information content (AvgIpc) is 3.07. The lowest BCUT2D eigenvalue weighted by Crippen LogP contribution is -2.52. The molecule has 7 nitrogen and oxygen atoms in total. The molecule has 2 aliphatic heterocycles. The molecule has 4 rings (SSSR count). The predicted molar refractivity (Wildman–Crippen MR) is 111 cm³/mol. The van der Waals surface area contributed by atoms with Crippen molar-refractivity contribution in [1.82, 2.24) is 4.90 Å². The van der Waals surface area contributed by atoms with Gasteiger partial charge in [-0.05, 0) is 36.4 Å². The van der Waals surface area contributed by atoms with Crippen LogP contribution in [0.25, 0.3) is 0 Å². The highest BCUT2D eigenvalue weighted by Crippen LogP contribution is 2.33. The minimum absolute atomic E-state index is 0.169. The molecule has 1 atom stereocenters. The summed E-state index contributed by atoms with van der Waals surface area (Å²) < 4.78 is 10.6. The first-order chi connectivity index (χ1) is 14.1. The first kappa shape index (κ1) is 19.3. The molecule has 29 heavy (non-hydrogen) atoms. The Labute approximate surface area is 170 Å². The van der Waals surface area contributed by atoms with E-state index in [4.69, 9.17) is 9.47 Å². The third-order valence-corrected chi connectivity index (χ3v) is 5.64. The van der Waals surface area contributed by atoms with E-state index >= 15 is 0 Å². The van der Waals surface area contributed by atoms with Crippen molar-refractivity contribution in [3.05, 3.63) is 48.5 Å². The van der Waals surface area contributed by atoms with Crippen LogP contribution in [0.2, 0.25) is 0 Å². The Morgan fingerprint density at radius 2 is 1.55 bits per heavy atom. The molecule has 2 heterocycles. The van der Waals surface area contributed by atoms with Crippen LogP contribution in [-0.2, 0) is 9.59 Å².